The summed E-state index contributed by atoms with van der Waals surface area (Å²) in [6, 6.07) is 8.19. The fraction of sp³-hybridized carbons (Fsp3) is 0.550. The van der Waals surface area contributed by atoms with Gasteiger partial charge in [-0.15, -0.1) is 0 Å². The number of H-pyrrole nitrogens is 1. The third-order valence-corrected chi connectivity index (χ3v) is 5.40. The second kappa shape index (κ2) is 6.12. The highest BCUT2D eigenvalue weighted by molar-refractivity contribution is 5.99. The molecule has 2 aromatic rings. The maximum absolute atomic E-state index is 12.6. The van der Waals surface area contributed by atoms with Crippen molar-refractivity contribution in [2.75, 3.05) is 0 Å². The van der Waals surface area contributed by atoms with E-state index in [4.69, 9.17) is 0 Å². The molecule has 1 fully saturated rings. The van der Waals surface area contributed by atoms with Gasteiger partial charge in [-0.1, -0.05) is 11.6 Å². The number of benzene rings is 1. The molecule has 3 nitrogen and oxygen atoms in total. The Labute approximate surface area is 138 Å². The minimum absolute atomic E-state index is 0.213. The Kier molecular flexibility index (Phi) is 4.33. The van der Waals surface area contributed by atoms with Gasteiger partial charge >= 0.3 is 0 Å². The summed E-state index contributed by atoms with van der Waals surface area (Å²) in [5, 5.41) is 11.2. The van der Waals surface area contributed by atoms with Crippen molar-refractivity contribution in [1.82, 2.24) is 4.98 Å². The maximum atomic E-state index is 12.6. The molecule has 0 atom stereocenters. The van der Waals surface area contributed by atoms with Crippen LogP contribution in [0.3, 0.4) is 0 Å². The summed E-state index contributed by atoms with van der Waals surface area (Å²) < 4.78 is 0. The van der Waals surface area contributed by atoms with Gasteiger partial charge in [-0.25, -0.2) is 0 Å². The Morgan fingerprint density at radius 2 is 1.91 bits per heavy atom. The van der Waals surface area contributed by atoms with Crippen LogP contribution >= 0.6 is 0 Å². The molecule has 3 heteroatoms. The van der Waals surface area contributed by atoms with Gasteiger partial charge in [-0.3, -0.25) is 4.79 Å². The molecule has 0 bridgehead atoms. The number of hydrogen-bond donors (Lipinski definition) is 2. The molecule has 1 aliphatic carbocycles. The van der Waals surface area contributed by atoms with E-state index in [1.165, 1.54) is 5.56 Å². The zero-order valence-electron chi connectivity index (χ0n) is 14.4. The number of ketones is 1. The summed E-state index contributed by atoms with van der Waals surface area (Å²) >= 11 is 0. The van der Waals surface area contributed by atoms with Crippen LogP contribution in [0.15, 0.2) is 24.3 Å². The van der Waals surface area contributed by atoms with E-state index in [-0.39, 0.29) is 5.78 Å². The number of carbonyl (C=O) groups is 1. The van der Waals surface area contributed by atoms with Crippen molar-refractivity contribution in [3.8, 4) is 0 Å². The van der Waals surface area contributed by atoms with Crippen LogP contribution in [0, 0.1) is 18.8 Å². The average molecular weight is 313 g/mol. The molecule has 0 radical (unpaired) electrons. The molecule has 2 N–H and O–H groups in total. The molecule has 0 amide bonds. The van der Waals surface area contributed by atoms with Crippen LogP contribution in [-0.2, 0) is 0 Å². The van der Waals surface area contributed by atoms with Gasteiger partial charge in [0.15, 0.2) is 5.78 Å². The normalized spacial score (nSPS) is 22.4. The molecule has 0 spiro atoms. The molecule has 0 aliphatic heterocycles. The smallest absolute Gasteiger partial charge is 0.179 e. The summed E-state index contributed by atoms with van der Waals surface area (Å²) in [5.74, 6) is 1.03. The van der Waals surface area contributed by atoms with Crippen LogP contribution < -0.4 is 0 Å². The number of rotatable bonds is 4. The first-order valence-corrected chi connectivity index (χ1v) is 8.68. The Morgan fingerprint density at radius 1 is 1.22 bits per heavy atom. The molecular weight excluding hydrogens is 286 g/mol. The maximum Gasteiger partial charge on any atom is 0.179 e. The minimum Gasteiger partial charge on any atom is -0.390 e. The fourth-order valence-electron chi connectivity index (χ4n) is 3.85. The standard InChI is InChI=1S/C20H27NO2/c1-13-4-9-17-15(10-13)12-18(21-17)19(22)11-14-5-7-16(8-6-14)20(2,3)23/h4,9-10,12,14,16,21,23H,5-8,11H2,1-3H3. The SMILES string of the molecule is Cc1ccc2[nH]c(C(=O)CC3CCC(C(C)(C)O)CC3)cc2c1. The van der Waals surface area contributed by atoms with Crippen molar-refractivity contribution in [2.24, 2.45) is 11.8 Å². The first-order valence-electron chi connectivity index (χ1n) is 8.68. The Balaban J connectivity index is 1.63. The van der Waals surface area contributed by atoms with E-state index in [1.807, 2.05) is 26.0 Å². The molecule has 0 unspecified atom stereocenters. The fourth-order valence-corrected chi connectivity index (χ4v) is 3.85. The highest BCUT2D eigenvalue weighted by atomic mass is 16.3. The van der Waals surface area contributed by atoms with Crippen LogP contribution in [0.4, 0.5) is 0 Å². The highest BCUT2D eigenvalue weighted by Gasteiger charge is 2.32. The number of Topliss-reactive ketones (excluding diaryl/α,β-unsaturated/α-hetero) is 1. The zero-order valence-corrected chi connectivity index (χ0v) is 14.4. The molecule has 23 heavy (non-hydrogen) atoms. The molecular formula is C20H27NO2. The largest absolute Gasteiger partial charge is 0.390 e. The monoisotopic (exact) mass is 313 g/mol. The second-order valence-corrected chi connectivity index (χ2v) is 7.77. The summed E-state index contributed by atoms with van der Waals surface area (Å²) in [7, 11) is 0. The molecule has 1 heterocycles. The molecule has 124 valence electrons. The number of hydrogen-bond acceptors (Lipinski definition) is 2. The Hall–Kier alpha value is -1.61. The Morgan fingerprint density at radius 3 is 2.57 bits per heavy atom. The lowest BCUT2D eigenvalue weighted by atomic mass is 9.73. The molecule has 1 aromatic carbocycles. The van der Waals surface area contributed by atoms with Gasteiger partial charge < -0.3 is 10.1 Å². The van der Waals surface area contributed by atoms with E-state index in [0.717, 1.165) is 42.3 Å². The zero-order chi connectivity index (χ0) is 16.6. The van der Waals surface area contributed by atoms with E-state index in [0.29, 0.717) is 18.3 Å². The lowest BCUT2D eigenvalue weighted by Crippen LogP contribution is -2.34. The quantitative estimate of drug-likeness (QED) is 0.809. The summed E-state index contributed by atoms with van der Waals surface area (Å²) in [5.41, 5.74) is 2.38. The number of aliphatic hydroxyl groups is 1. The van der Waals surface area contributed by atoms with Gasteiger partial charge in [-0.2, -0.15) is 0 Å². The molecule has 1 saturated carbocycles. The van der Waals surface area contributed by atoms with Crippen molar-refractivity contribution in [3.63, 3.8) is 0 Å². The van der Waals surface area contributed by atoms with Gasteiger partial charge in [0.1, 0.15) is 0 Å². The minimum atomic E-state index is -0.593. The predicted octanol–water partition coefficient (Wildman–Crippen LogP) is 4.63. The molecule has 1 aromatic heterocycles. The van der Waals surface area contributed by atoms with Crippen molar-refractivity contribution >= 4 is 16.7 Å². The average Bonchev–Trinajstić information content (AvgIpc) is 2.90. The first-order chi connectivity index (χ1) is 10.8. The molecule has 0 saturated heterocycles. The number of nitrogens with one attached hydrogen (secondary N) is 1. The van der Waals surface area contributed by atoms with Crippen molar-refractivity contribution in [2.45, 2.75) is 58.5 Å². The lowest BCUT2D eigenvalue weighted by Gasteiger charge is -2.35. The number of aromatic nitrogens is 1. The topological polar surface area (TPSA) is 53.1 Å². The van der Waals surface area contributed by atoms with Crippen LogP contribution in [0.25, 0.3) is 10.9 Å². The van der Waals surface area contributed by atoms with Crippen molar-refractivity contribution in [1.29, 1.82) is 0 Å². The van der Waals surface area contributed by atoms with Crippen LogP contribution in [0.1, 0.15) is 62.0 Å². The van der Waals surface area contributed by atoms with E-state index >= 15 is 0 Å². The van der Waals surface area contributed by atoms with Crippen molar-refractivity contribution in [3.05, 3.63) is 35.5 Å². The third kappa shape index (κ3) is 3.66. The predicted molar refractivity (Wildman–Crippen MR) is 93.7 cm³/mol. The molecule has 1 aliphatic rings. The summed E-state index contributed by atoms with van der Waals surface area (Å²) in [4.78, 5) is 15.8. The van der Waals surface area contributed by atoms with E-state index in [2.05, 4.69) is 24.0 Å². The van der Waals surface area contributed by atoms with Gasteiger partial charge in [-0.05, 0) is 76.5 Å². The van der Waals surface area contributed by atoms with E-state index in [1.54, 1.807) is 0 Å². The third-order valence-electron chi connectivity index (χ3n) is 5.40. The van der Waals surface area contributed by atoms with Gasteiger partial charge in [0.25, 0.3) is 0 Å². The lowest BCUT2D eigenvalue weighted by molar-refractivity contribution is -0.00594. The van der Waals surface area contributed by atoms with E-state index in [9.17, 15) is 9.90 Å². The number of fused-ring (bicyclic) bond motifs is 1. The van der Waals surface area contributed by atoms with Gasteiger partial charge in [0, 0.05) is 17.3 Å². The molecule has 3 rings (SSSR count). The first kappa shape index (κ1) is 16.3. The van der Waals surface area contributed by atoms with Crippen LogP contribution in [0.5, 0.6) is 0 Å². The van der Waals surface area contributed by atoms with Gasteiger partial charge in [0.05, 0.1) is 11.3 Å². The Bertz CT molecular complexity index is 700. The van der Waals surface area contributed by atoms with Crippen LogP contribution in [-0.4, -0.2) is 21.5 Å². The van der Waals surface area contributed by atoms with Crippen molar-refractivity contribution < 1.29 is 9.90 Å². The van der Waals surface area contributed by atoms with E-state index < -0.39 is 5.60 Å². The van der Waals surface area contributed by atoms with Gasteiger partial charge in [0.2, 0.25) is 0 Å². The highest BCUT2D eigenvalue weighted by Crippen LogP contribution is 2.37. The summed E-state index contributed by atoms with van der Waals surface area (Å²) in [6.45, 7) is 5.86. The second-order valence-electron chi connectivity index (χ2n) is 7.77. The number of aromatic amines is 1. The van der Waals surface area contributed by atoms with Crippen LogP contribution in [0.2, 0.25) is 0 Å². The number of carbonyl (C=O) groups excluding carboxylic acids is 1. The number of aryl methyl sites for hydroxylation is 1. The summed E-state index contributed by atoms with van der Waals surface area (Å²) in [6.07, 6.45) is 4.74.